The van der Waals surface area contributed by atoms with Gasteiger partial charge in [-0.25, -0.2) is 0 Å². The molecule has 1 aromatic rings. The first-order chi connectivity index (χ1) is 9.78. The molecule has 2 aliphatic rings. The van der Waals surface area contributed by atoms with Crippen LogP contribution in [0.5, 0.6) is 0 Å². The maximum absolute atomic E-state index is 6.10. The highest BCUT2D eigenvalue weighted by molar-refractivity contribution is 5.25. The third kappa shape index (κ3) is 2.90. The molecule has 1 aromatic carbocycles. The van der Waals surface area contributed by atoms with Gasteiger partial charge in [0.15, 0.2) is 0 Å². The highest BCUT2D eigenvalue weighted by atomic mass is 15.3. The van der Waals surface area contributed by atoms with Gasteiger partial charge < -0.3 is 5.73 Å². The number of nitrogens with zero attached hydrogens (tertiary/aromatic N) is 2. The Kier molecular flexibility index (Phi) is 4.39. The average Bonchev–Trinajstić information content (AvgIpc) is 2.48. The van der Waals surface area contributed by atoms with Gasteiger partial charge in [0.05, 0.1) is 0 Å². The van der Waals surface area contributed by atoms with Crippen LogP contribution in [0.3, 0.4) is 0 Å². The molecule has 0 amide bonds. The minimum Gasteiger partial charge on any atom is -0.329 e. The average molecular weight is 273 g/mol. The summed E-state index contributed by atoms with van der Waals surface area (Å²) in [5.41, 5.74) is 8.82. The zero-order valence-corrected chi connectivity index (χ0v) is 12.6. The van der Waals surface area contributed by atoms with E-state index in [1.165, 1.54) is 50.0 Å². The molecule has 2 saturated heterocycles. The van der Waals surface area contributed by atoms with Crippen LogP contribution in [-0.4, -0.2) is 48.6 Å². The maximum Gasteiger partial charge on any atom is 0.0471 e. The predicted octanol–water partition coefficient (Wildman–Crippen LogP) is 2.16. The van der Waals surface area contributed by atoms with Crippen molar-refractivity contribution in [3.05, 3.63) is 35.4 Å². The van der Waals surface area contributed by atoms with Crippen molar-refractivity contribution in [1.29, 1.82) is 0 Å². The summed E-state index contributed by atoms with van der Waals surface area (Å²) >= 11 is 0. The van der Waals surface area contributed by atoms with E-state index in [1.807, 2.05) is 0 Å². The number of nitrogens with two attached hydrogens (primary N) is 1. The van der Waals surface area contributed by atoms with E-state index in [4.69, 9.17) is 5.73 Å². The van der Waals surface area contributed by atoms with Crippen molar-refractivity contribution in [1.82, 2.24) is 9.80 Å². The molecule has 2 atom stereocenters. The molecule has 2 unspecified atom stereocenters. The van der Waals surface area contributed by atoms with Crippen molar-refractivity contribution in [2.45, 2.75) is 38.3 Å². The largest absolute Gasteiger partial charge is 0.329 e. The molecule has 2 fully saturated rings. The van der Waals surface area contributed by atoms with E-state index < -0.39 is 0 Å². The Hall–Kier alpha value is -0.900. The third-order valence-electron chi connectivity index (χ3n) is 4.96. The molecule has 2 heterocycles. The van der Waals surface area contributed by atoms with Gasteiger partial charge in [0.2, 0.25) is 0 Å². The Labute approximate surface area is 122 Å². The molecular weight excluding hydrogens is 246 g/mol. The van der Waals surface area contributed by atoms with Gasteiger partial charge >= 0.3 is 0 Å². The fraction of sp³-hybridized carbons (Fsp3) is 0.647. The molecule has 3 nitrogen and oxygen atoms in total. The van der Waals surface area contributed by atoms with Gasteiger partial charge in [0.25, 0.3) is 0 Å². The van der Waals surface area contributed by atoms with Crippen molar-refractivity contribution >= 4 is 0 Å². The van der Waals surface area contributed by atoms with E-state index in [0.717, 1.165) is 19.1 Å². The van der Waals surface area contributed by atoms with Crippen molar-refractivity contribution in [2.75, 3.05) is 32.7 Å². The highest BCUT2D eigenvalue weighted by Crippen LogP contribution is 2.27. The van der Waals surface area contributed by atoms with Gasteiger partial charge in [-0.15, -0.1) is 0 Å². The van der Waals surface area contributed by atoms with Gasteiger partial charge in [-0.1, -0.05) is 36.2 Å². The fourth-order valence-corrected chi connectivity index (χ4v) is 3.84. The van der Waals surface area contributed by atoms with Crippen LogP contribution in [0.1, 0.15) is 36.4 Å². The zero-order valence-electron chi connectivity index (χ0n) is 12.6. The Bertz CT molecular complexity index is 446. The number of hydrogen-bond acceptors (Lipinski definition) is 3. The summed E-state index contributed by atoms with van der Waals surface area (Å²) in [6, 6.07) is 10.00. The normalized spacial score (nSPS) is 26.2. The maximum atomic E-state index is 6.10. The summed E-state index contributed by atoms with van der Waals surface area (Å²) in [4.78, 5) is 5.30. The molecule has 110 valence electrons. The molecule has 3 heteroatoms. The smallest absolute Gasteiger partial charge is 0.0471 e. The van der Waals surface area contributed by atoms with Crippen LogP contribution in [0.15, 0.2) is 24.3 Å². The van der Waals surface area contributed by atoms with Crippen LogP contribution in [0.25, 0.3) is 0 Å². The van der Waals surface area contributed by atoms with Gasteiger partial charge in [0.1, 0.15) is 0 Å². The summed E-state index contributed by atoms with van der Waals surface area (Å²) < 4.78 is 0. The van der Waals surface area contributed by atoms with Gasteiger partial charge in [-0.2, -0.15) is 0 Å². The van der Waals surface area contributed by atoms with E-state index in [1.54, 1.807) is 0 Å². The molecule has 2 aliphatic heterocycles. The quantitative estimate of drug-likeness (QED) is 0.916. The molecule has 3 rings (SSSR count). The second kappa shape index (κ2) is 6.25. The Morgan fingerprint density at radius 2 is 2.15 bits per heavy atom. The molecule has 0 radical (unpaired) electrons. The number of fused-ring (bicyclic) bond motifs is 1. The molecular formula is C17H27N3. The fourth-order valence-electron chi connectivity index (χ4n) is 3.84. The number of benzene rings is 1. The lowest BCUT2D eigenvalue weighted by atomic mass is 9.96. The number of piperidine rings is 1. The minimum atomic E-state index is 0.388. The zero-order chi connectivity index (χ0) is 13.9. The molecule has 2 N–H and O–H groups in total. The second-order valence-electron chi connectivity index (χ2n) is 6.35. The minimum absolute atomic E-state index is 0.388. The Balaban J connectivity index is 1.73. The monoisotopic (exact) mass is 273 g/mol. The van der Waals surface area contributed by atoms with E-state index in [0.29, 0.717) is 6.04 Å². The summed E-state index contributed by atoms with van der Waals surface area (Å²) in [5.74, 6) is 0. The van der Waals surface area contributed by atoms with Crippen LogP contribution in [0.2, 0.25) is 0 Å². The molecule has 0 aromatic heterocycles. The van der Waals surface area contributed by atoms with Crippen LogP contribution in [0, 0.1) is 6.92 Å². The van der Waals surface area contributed by atoms with Crippen molar-refractivity contribution in [3.63, 3.8) is 0 Å². The van der Waals surface area contributed by atoms with Crippen LogP contribution in [-0.2, 0) is 0 Å². The first kappa shape index (κ1) is 14.1. The van der Waals surface area contributed by atoms with E-state index in [-0.39, 0.29) is 0 Å². The first-order valence-electron chi connectivity index (χ1n) is 8.02. The second-order valence-corrected chi connectivity index (χ2v) is 6.35. The molecule has 20 heavy (non-hydrogen) atoms. The molecule has 0 spiro atoms. The number of rotatable bonds is 3. The summed E-state index contributed by atoms with van der Waals surface area (Å²) in [5, 5.41) is 0. The predicted molar refractivity (Wildman–Crippen MR) is 83.8 cm³/mol. The third-order valence-corrected chi connectivity index (χ3v) is 4.96. The molecule has 0 saturated carbocycles. The summed E-state index contributed by atoms with van der Waals surface area (Å²) in [6.07, 6.45) is 4.14. The van der Waals surface area contributed by atoms with Crippen LogP contribution >= 0.6 is 0 Å². The molecule has 0 bridgehead atoms. The van der Waals surface area contributed by atoms with Gasteiger partial charge in [0, 0.05) is 38.3 Å². The Morgan fingerprint density at radius 1 is 1.25 bits per heavy atom. The SMILES string of the molecule is Cc1cccc(C(CN)N2CCN3CCCCC3C2)c1. The van der Waals surface area contributed by atoms with Crippen LogP contribution < -0.4 is 5.73 Å². The summed E-state index contributed by atoms with van der Waals surface area (Å²) in [7, 11) is 0. The first-order valence-corrected chi connectivity index (χ1v) is 8.02. The lowest BCUT2D eigenvalue weighted by molar-refractivity contribution is 0.0286. The Morgan fingerprint density at radius 3 is 2.95 bits per heavy atom. The van der Waals surface area contributed by atoms with E-state index in [2.05, 4.69) is 41.0 Å². The van der Waals surface area contributed by atoms with Gasteiger partial charge in [-0.3, -0.25) is 9.80 Å². The number of piperazine rings is 1. The topological polar surface area (TPSA) is 32.5 Å². The van der Waals surface area contributed by atoms with Crippen molar-refractivity contribution in [2.24, 2.45) is 5.73 Å². The van der Waals surface area contributed by atoms with Crippen molar-refractivity contribution in [3.8, 4) is 0 Å². The lowest BCUT2D eigenvalue weighted by Gasteiger charge is -2.46. The van der Waals surface area contributed by atoms with Crippen LogP contribution in [0.4, 0.5) is 0 Å². The van der Waals surface area contributed by atoms with Crippen molar-refractivity contribution < 1.29 is 0 Å². The molecule has 0 aliphatic carbocycles. The van der Waals surface area contributed by atoms with Gasteiger partial charge in [-0.05, 0) is 31.9 Å². The summed E-state index contributed by atoms with van der Waals surface area (Å²) in [6.45, 7) is 7.75. The standard InChI is InChI=1S/C17H27N3/c1-14-5-4-6-15(11-14)17(12-18)20-10-9-19-8-3-2-7-16(19)13-20/h4-6,11,16-17H,2-3,7-10,12-13,18H2,1H3. The number of aryl methyl sites for hydroxylation is 1. The highest BCUT2D eigenvalue weighted by Gasteiger charge is 2.32. The van der Waals surface area contributed by atoms with E-state index >= 15 is 0 Å². The van der Waals surface area contributed by atoms with E-state index in [9.17, 15) is 0 Å². The lowest BCUT2D eigenvalue weighted by Crippen LogP contribution is -2.56. The number of hydrogen-bond donors (Lipinski definition) is 1.